The highest BCUT2D eigenvalue weighted by atomic mass is 16.5. The van der Waals surface area contributed by atoms with E-state index in [1.54, 1.807) is 14.2 Å². The van der Waals surface area contributed by atoms with Gasteiger partial charge in [-0.3, -0.25) is 0 Å². The van der Waals surface area contributed by atoms with E-state index in [4.69, 9.17) is 15.2 Å². The molecule has 2 bridgehead atoms. The average molecular weight is 225 g/mol. The highest BCUT2D eigenvalue weighted by Gasteiger charge is 2.61. The van der Waals surface area contributed by atoms with Gasteiger partial charge in [-0.2, -0.15) is 0 Å². The Labute approximate surface area is 97.7 Å². The van der Waals surface area contributed by atoms with Crippen LogP contribution in [0.2, 0.25) is 0 Å². The van der Waals surface area contributed by atoms with Crippen LogP contribution in [0.25, 0.3) is 0 Å². The average Bonchev–Trinajstić information content (AvgIpc) is 2.97. The summed E-state index contributed by atoms with van der Waals surface area (Å²) in [6.07, 6.45) is 6.84. The third-order valence-corrected chi connectivity index (χ3v) is 5.64. The monoisotopic (exact) mass is 225 g/mol. The number of nitrogens with two attached hydrogens (primary N) is 1. The smallest absolute Gasteiger partial charge is 0.0838 e. The molecule has 3 aliphatic rings. The van der Waals surface area contributed by atoms with Gasteiger partial charge in [0.15, 0.2) is 0 Å². The molecule has 92 valence electrons. The molecule has 3 nitrogen and oxygen atoms in total. The lowest BCUT2D eigenvalue weighted by molar-refractivity contribution is -0.0157. The van der Waals surface area contributed by atoms with Gasteiger partial charge in [-0.05, 0) is 49.4 Å². The summed E-state index contributed by atoms with van der Waals surface area (Å²) in [4.78, 5) is 0. The van der Waals surface area contributed by atoms with Gasteiger partial charge in [0.1, 0.15) is 0 Å². The minimum absolute atomic E-state index is 0.260. The molecule has 0 aromatic carbocycles. The second-order valence-electron chi connectivity index (χ2n) is 5.99. The molecule has 1 unspecified atom stereocenters. The third-order valence-electron chi connectivity index (χ3n) is 5.64. The summed E-state index contributed by atoms with van der Waals surface area (Å²) in [7, 11) is 3.60. The molecule has 0 amide bonds. The fraction of sp³-hybridized carbons (Fsp3) is 1.00. The zero-order valence-corrected chi connectivity index (χ0v) is 10.3. The molecule has 0 saturated heterocycles. The molecule has 3 aliphatic carbocycles. The first-order valence-electron chi connectivity index (χ1n) is 6.52. The van der Waals surface area contributed by atoms with Gasteiger partial charge in [0, 0.05) is 20.3 Å². The Morgan fingerprint density at radius 2 is 1.69 bits per heavy atom. The molecule has 1 spiro atoms. The molecule has 5 atom stereocenters. The largest absolute Gasteiger partial charge is 0.379 e. The highest BCUT2D eigenvalue weighted by molar-refractivity contribution is 5.13. The van der Waals surface area contributed by atoms with E-state index < -0.39 is 0 Å². The first kappa shape index (κ1) is 11.0. The number of methoxy groups -OCH3 is 2. The van der Waals surface area contributed by atoms with Crippen molar-refractivity contribution in [1.82, 2.24) is 0 Å². The van der Waals surface area contributed by atoms with Crippen molar-refractivity contribution in [3.8, 4) is 0 Å². The fourth-order valence-corrected chi connectivity index (χ4v) is 4.78. The molecule has 0 heterocycles. The van der Waals surface area contributed by atoms with E-state index in [9.17, 15) is 0 Å². The number of fused-ring (bicyclic) bond motifs is 3. The van der Waals surface area contributed by atoms with Gasteiger partial charge in [0.2, 0.25) is 0 Å². The van der Waals surface area contributed by atoms with Crippen LogP contribution in [0, 0.1) is 17.3 Å². The van der Waals surface area contributed by atoms with E-state index in [1.165, 1.54) is 19.3 Å². The quantitative estimate of drug-likeness (QED) is 0.775. The van der Waals surface area contributed by atoms with Gasteiger partial charge < -0.3 is 15.2 Å². The molecular weight excluding hydrogens is 202 g/mol. The van der Waals surface area contributed by atoms with Crippen LogP contribution >= 0.6 is 0 Å². The summed E-state index contributed by atoms with van der Waals surface area (Å²) in [5.74, 6) is 1.61. The van der Waals surface area contributed by atoms with Gasteiger partial charge in [0.25, 0.3) is 0 Å². The Balaban J connectivity index is 1.85. The molecule has 0 aromatic heterocycles. The van der Waals surface area contributed by atoms with Crippen LogP contribution in [-0.2, 0) is 9.47 Å². The van der Waals surface area contributed by atoms with Crippen molar-refractivity contribution in [3.05, 3.63) is 0 Å². The van der Waals surface area contributed by atoms with Crippen LogP contribution in [0.15, 0.2) is 0 Å². The predicted molar refractivity (Wildman–Crippen MR) is 62.1 cm³/mol. The Morgan fingerprint density at radius 3 is 2.12 bits per heavy atom. The number of rotatable bonds is 2. The number of ether oxygens (including phenoxy) is 2. The standard InChI is InChI=1S/C13H23NO2/c1-15-10-6-13(7-11(10)16-2)9-4-3-8(5-9)12(13)14/h8-12H,3-7,14H2,1-2H3/t8-,9?,10-,11-,12+/m1/s1. The van der Waals surface area contributed by atoms with Gasteiger partial charge in [0.05, 0.1) is 12.2 Å². The molecule has 3 saturated carbocycles. The summed E-state index contributed by atoms with van der Waals surface area (Å²) >= 11 is 0. The van der Waals surface area contributed by atoms with Gasteiger partial charge >= 0.3 is 0 Å². The van der Waals surface area contributed by atoms with E-state index in [2.05, 4.69) is 0 Å². The number of hydrogen-bond acceptors (Lipinski definition) is 3. The summed E-state index contributed by atoms with van der Waals surface area (Å²) in [6.45, 7) is 0. The highest BCUT2D eigenvalue weighted by Crippen LogP contribution is 2.62. The van der Waals surface area contributed by atoms with Crippen LogP contribution < -0.4 is 5.73 Å². The molecule has 3 heteroatoms. The zero-order chi connectivity index (χ0) is 11.3. The maximum atomic E-state index is 6.48. The van der Waals surface area contributed by atoms with Crippen molar-refractivity contribution in [2.75, 3.05) is 14.2 Å². The second kappa shape index (κ2) is 3.69. The molecule has 16 heavy (non-hydrogen) atoms. The van der Waals surface area contributed by atoms with Gasteiger partial charge in [-0.25, -0.2) is 0 Å². The van der Waals surface area contributed by atoms with Crippen molar-refractivity contribution in [3.63, 3.8) is 0 Å². The summed E-state index contributed by atoms with van der Waals surface area (Å²) in [5.41, 5.74) is 6.82. The normalized spacial score (nSPS) is 49.3. The molecule has 3 fully saturated rings. The number of hydrogen-bond donors (Lipinski definition) is 1. The van der Waals surface area contributed by atoms with Crippen molar-refractivity contribution in [2.45, 2.75) is 50.4 Å². The van der Waals surface area contributed by atoms with Crippen molar-refractivity contribution < 1.29 is 9.47 Å². The molecule has 0 aromatic rings. The fourth-order valence-electron chi connectivity index (χ4n) is 4.78. The van der Waals surface area contributed by atoms with E-state index >= 15 is 0 Å². The molecule has 0 aliphatic heterocycles. The molecular formula is C13H23NO2. The van der Waals surface area contributed by atoms with E-state index in [0.717, 1.165) is 24.7 Å². The Morgan fingerprint density at radius 1 is 1.06 bits per heavy atom. The maximum absolute atomic E-state index is 6.48. The summed E-state index contributed by atoms with van der Waals surface area (Å²) in [5, 5.41) is 0. The van der Waals surface area contributed by atoms with Crippen molar-refractivity contribution >= 4 is 0 Å². The summed E-state index contributed by atoms with van der Waals surface area (Å²) in [6, 6.07) is 0.393. The predicted octanol–water partition coefficient (Wildman–Crippen LogP) is 1.55. The Bertz CT molecular complexity index is 265. The van der Waals surface area contributed by atoms with E-state index in [-0.39, 0.29) is 12.2 Å². The zero-order valence-electron chi connectivity index (χ0n) is 10.3. The Hall–Kier alpha value is -0.120. The van der Waals surface area contributed by atoms with E-state index in [0.29, 0.717) is 11.5 Å². The minimum atomic E-state index is 0.260. The molecule has 2 N–H and O–H groups in total. The van der Waals surface area contributed by atoms with Crippen molar-refractivity contribution in [1.29, 1.82) is 0 Å². The van der Waals surface area contributed by atoms with Gasteiger partial charge in [-0.1, -0.05) is 0 Å². The molecule has 3 rings (SSSR count). The van der Waals surface area contributed by atoms with Crippen LogP contribution in [0.4, 0.5) is 0 Å². The lowest BCUT2D eigenvalue weighted by Gasteiger charge is -2.39. The first-order valence-corrected chi connectivity index (χ1v) is 6.52. The van der Waals surface area contributed by atoms with Gasteiger partial charge in [-0.15, -0.1) is 0 Å². The third kappa shape index (κ3) is 1.25. The first-order chi connectivity index (χ1) is 7.71. The van der Waals surface area contributed by atoms with Crippen LogP contribution in [0.3, 0.4) is 0 Å². The Kier molecular flexibility index (Phi) is 2.54. The van der Waals surface area contributed by atoms with Crippen LogP contribution in [-0.4, -0.2) is 32.5 Å². The SMILES string of the molecule is CO[C@@H]1CC2(C[C@H]1OC)C1CC[C@H](C1)[C@@H]2N. The van der Waals surface area contributed by atoms with E-state index in [1.807, 2.05) is 0 Å². The minimum Gasteiger partial charge on any atom is -0.379 e. The summed E-state index contributed by atoms with van der Waals surface area (Å²) < 4.78 is 11.2. The lowest BCUT2D eigenvalue weighted by Crippen LogP contribution is -2.45. The van der Waals surface area contributed by atoms with Crippen molar-refractivity contribution in [2.24, 2.45) is 23.0 Å². The maximum Gasteiger partial charge on any atom is 0.0838 e. The second-order valence-corrected chi connectivity index (χ2v) is 5.99. The van der Waals surface area contributed by atoms with Crippen LogP contribution in [0.1, 0.15) is 32.1 Å². The topological polar surface area (TPSA) is 44.5 Å². The lowest BCUT2D eigenvalue weighted by atomic mass is 9.69. The van der Waals surface area contributed by atoms with Crippen LogP contribution in [0.5, 0.6) is 0 Å². The molecule has 0 radical (unpaired) electrons.